The number of amides is 1. The van der Waals surface area contributed by atoms with Gasteiger partial charge in [0.2, 0.25) is 0 Å². The number of anilines is 1. The first-order chi connectivity index (χ1) is 16.4. The first kappa shape index (κ1) is 21.4. The number of nitrogens with one attached hydrogen (secondary N) is 2. The number of aromatic nitrogens is 3. The highest BCUT2D eigenvalue weighted by molar-refractivity contribution is 5.94. The highest BCUT2D eigenvalue weighted by Crippen LogP contribution is 2.58. The molecule has 34 heavy (non-hydrogen) atoms. The number of hydrogen-bond donors (Lipinski definition) is 2. The van der Waals surface area contributed by atoms with E-state index >= 15 is 0 Å². The fourth-order valence-corrected chi connectivity index (χ4v) is 6.11. The lowest BCUT2D eigenvalue weighted by molar-refractivity contribution is -0.118. The monoisotopic (exact) mass is 461 g/mol. The van der Waals surface area contributed by atoms with E-state index in [1.807, 2.05) is 31.2 Å². The number of aryl methyl sites for hydroxylation is 2. The number of pyridine rings is 3. The Morgan fingerprint density at radius 1 is 1.15 bits per heavy atom. The Morgan fingerprint density at radius 3 is 2.85 bits per heavy atom. The molecule has 0 unspecified atom stereocenters. The lowest BCUT2D eigenvalue weighted by atomic mass is 9.79. The van der Waals surface area contributed by atoms with Crippen molar-refractivity contribution in [3.8, 4) is 5.75 Å². The number of carbonyl (C=O) groups is 1. The van der Waals surface area contributed by atoms with Crippen molar-refractivity contribution in [1.82, 2.24) is 20.3 Å². The minimum atomic E-state index is -0.253. The second-order valence-electron chi connectivity index (χ2n) is 10.2. The maximum atomic E-state index is 14.7. The number of hydrogen-bond acceptors (Lipinski definition) is 6. The van der Waals surface area contributed by atoms with E-state index < -0.39 is 0 Å². The summed E-state index contributed by atoms with van der Waals surface area (Å²) in [5.41, 5.74) is 4.26. The summed E-state index contributed by atoms with van der Waals surface area (Å²) in [4.78, 5) is 25.0. The van der Waals surface area contributed by atoms with Crippen molar-refractivity contribution in [2.75, 3.05) is 11.9 Å². The van der Waals surface area contributed by atoms with Crippen LogP contribution in [0.4, 0.5) is 10.2 Å². The highest BCUT2D eigenvalue weighted by atomic mass is 19.1. The number of halogens is 1. The molecule has 2 N–H and O–H groups in total. The molecule has 7 nitrogen and oxygen atoms in total. The van der Waals surface area contributed by atoms with Crippen LogP contribution in [0.15, 0.2) is 30.5 Å². The number of carbonyl (C=O) groups excluding carboxylic acids is 1. The van der Waals surface area contributed by atoms with E-state index in [2.05, 4.69) is 25.6 Å². The van der Waals surface area contributed by atoms with Crippen molar-refractivity contribution in [2.24, 2.45) is 5.41 Å². The summed E-state index contributed by atoms with van der Waals surface area (Å²) in [6.45, 7) is 2.61. The maximum absolute atomic E-state index is 14.7. The predicted molar refractivity (Wildman–Crippen MR) is 126 cm³/mol. The second-order valence-corrected chi connectivity index (χ2v) is 10.2. The molecule has 3 aromatic heterocycles. The molecule has 2 saturated carbocycles. The van der Waals surface area contributed by atoms with Gasteiger partial charge in [0.05, 0.1) is 22.9 Å². The van der Waals surface area contributed by atoms with Crippen LogP contribution in [0.2, 0.25) is 0 Å². The van der Waals surface area contributed by atoms with Crippen molar-refractivity contribution in [3.05, 3.63) is 53.2 Å². The molecule has 0 aromatic carbocycles. The number of nitrogens with zero attached hydrogens (tertiary/aromatic N) is 3. The maximum Gasteiger partial charge on any atom is 0.263 e. The Hall–Kier alpha value is -3.13. The summed E-state index contributed by atoms with van der Waals surface area (Å²) >= 11 is 0. The average Bonchev–Trinajstić information content (AvgIpc) is 3.38. The van der Waals surface area contributed by atoms with Crippen LogP contribution in [0, 0.1) is 18.2 Å². The first-order valence-electron chi connectivity index (χ1n) is 12.0. The first-order valence-corrected chi connectivity index (χ1v) is 12.0. The van der Waals surface area contributed by atoms with Gasteiger partial charge < -0.3 is 15.4 Å². The van der Waals surface area contributed by atoms with E-state index in [1.165, 1.54) is 6.20 Å². The summed E-state index contributed by atoms with van der Waals surface area (Å²) in [5, 5.41) is 6.56. The zero-order chi connectivity index (χ0) is 23.3. The molecule has 6 rings (SSSR count). The third kappa shape index (κ3) is 3.79. The summed E-state index contributed by atoms with van der Waals surface area (Å²) in [6, 6.07) is 7.66. The smallest absolute Gasteiger partial charge is 0.263 e. The molecule has 3 aliphatic rings. The minimum Gasteiger partial charge on any atom is -0.480 e. The molecular formula is C26H28FN5O2. The fraction of sp³-hybridized carbons (Fsp3) is 0.462. The van der Waals surface area contributed by atoms with Crippen LogP contribution in [-0.2, 0) is 17.8 Å². The van der Waals surface area contributed by atoms with Crippen molar-refractivity contribution in [1.29, 1.82) is 0 Å². The Morgan fingerprint density at radius 2 is 2.00 bits per heavy atom. The van der Waals surface area contributed by atoms with Gasteiger partial charge in [0.15, 0.2) is 18.2 Å². The summed E-state index contributed by atoms with van der Waals surface area (Å²) < 4.78 is 20.1. The summed E-state index contributed by atoms with van der Waals surface area (Å²) in [7, 11) is 0. The fourth-order valence-electron chi connectivity index (χ4n) is 6.11. The van der Waals surface area contributed by atoms with Crippen molar-refractivity contribution in [2.45, 2.75) is 64.0 Å². The van der Waals surface area contributed by atoms with Crippen LogP contribution in [0.1, 0.15) is 55.5 Å². The topological polar surface area (TPSA) is 89.0 Å². The predicted octanol–water partition coefficient (Wildman–Crippen LogP) is 4.23. The van der Waals surface area contributed by atoms with Gasteiger partial charge in [-0.05, 0) is 81.5 Å². The van der Waals surface area contributed by atoms with Crippen LogP contribution in [0.3, 0.4) is 0 Å². The summed E-state index contributed by atoms with van der Waals surface area (Å²) in [6.07, 6.45) is 8.62. The van der Waals surface area contributed by atoms with E-state index in [-0.39, 0.29) is 29.3 Å². The van der Waals surface area contributed by atoms with Crippen molar-refractivity contribution in [3.63, 3.8) is 0 Å². The molecule has 1 amide bonds. The third-order valence-electron chi connectivity index (χ3n) is 7.97. The van der Waals surface area contributed by atoms with Gasteiger partial charge >= 0.3 is 0 Å². The minimum absolute atomic E-state index is 0.0341. The number of rotatable bonds is 6. The third-order valence-corrected chi connectivity index (χ3v) is 7.97. The van der Waals surface area contributed by atoms with E-state index in [9.17, 15) is 9.18 Å². The molecule has 2 fully saturated rings. The number of ether oxygens (including phenoxy) is 1. The molecule has 2 bridgehead atoms. The SMILES string of the molecule is Cc1ccc2ncc(F)c(CCC34CCC(NCc5ccc6c(n5)NC(=O)CO6)(CC3)C4)c2n1. The molecule has 0 saturated heterocycles. The molecule has 0 spiro atoms. The Labute approximate surface area is 197 Å². The van der Waals surface area contributed by atoms with Gasteiger partial charge in [0, 0.05) is 23.3 Å². The lowest BCUT2D eigenvalue weighted by Gasteiger charge is -2.29. The van der Waals surface area contributed by atoms with E-state index in [1.54, 1.807) is 0 Å². The Balaban J connectivity index is 1.13. The van der Waals surface area contributed by atoms with E-state index in [0.29, 0.717) is 35.6 Å². The molecule has 8 heteroatoms. The van der Waals surface area contributed by atoms with Gasteiger partial charge in [-0.25, -0.2) is 9.37 Å². The molecule has 1 aliphatic heterocycles. The lowest BCUT2D eigenvalue weighted by Crippen LogP contribution is -2.40. The largest absolute Gasteiger partial charge is 0.480 e. The molecule has 0 atom stereocenters. The van der Waals surface area contributed by atoms with Crippen LogP contribution in [0.25, 0.3) is 11.0 Å². The van der Waals surface area contributed by atoms with Gasteiger partial charge in [-0.1, -0.05) is 0 Å². The van der Waals surface area contributed by atoms with Crippen LogP contribution >= 0.6 is 0 Å². The highest BCUT2D eigenvalue weighted by Gasteiger charge is 2.53. The summed E-state index contributed by atoms with van der Waals surface area (Å²) in [5.74, 6) is 0.680. The Bertz CT molecular complexity index is 1280. The van der Waals surface area contributed by atoms with E-state index in [0.717, 1.165) is 55.4 Å². The average molecular weight is 462 g/mol. The van der Waals surface area contributed by atoms with Gasteiger partial charge in [0.25, 0.3) is 5.91 Å². The molecule has 3 aromatic rings. The van der Waals surface area contributed by atoms with Gasteiger partial charge in [0.1, 0.15) is 5.82 Å². The van der Waals surface area contributed by atoms with Crippen molar-refractivity contribution >= 4 is 22.8 Å². The quantitative estimate of drug-likeness (QED) is 0.571. The molecular weight excluding hydrogens is 433 g/mol. The Kier molecular flexibility index (Phi) is 5.02. The van der Waals surface area contributed by atoms with Crippen LogP contribution in [-0.4, -0.2) is 33.0 Å². The zero-order valence-electron chi connectivity index (χ0n) is 19.3. The standard InChI is InChI=1S/C26H28FN5O2/c1-16-2-4-20-23(30-16)18(19(27)13-28-20)6-7-25-8-10-26(15-25,11-9-25)29-12-17-3-5-21-24(31-17)32-22(33)14-34-21/h2-5,13,29H,6-12,14-15H2,1H3,(H,31,32,33). The van der Waals surface area contributed by atoms with Gasteiger partial charge in [-0.2, -0.15) is 0 Å². The van der Waals surface area contributed by atoms with Crippen LogP contribution < -0.4 is 15.4 Å². The normalized spacial score (nSPS) is 25.3. The molecule has 2 aliphatic carbocycles. The zero-order valence-corrected chi connectivity index (χ0v) is 19.3. The molecule has 0 radical (unpaired) electrons. The van der Waals surface area contributed by atoms with Gasteiger partial charge in [-0.3, -0.25) is 14.8 Å². The van der Waals surface area contributed by atoms with Crippen LogP contribution in [0.5, 0.6) is 5.75 Å². The number of fused-ring (bicyclic) bond motifs is 4. The second kappa shape index (κ2) is 7.98. The van der Waals surface area contributed by atoms with E-state index in [4.69, 9.17) is 4.74 Å². The van der Waals surface area contributed by atoms with Gasteiger partial charge in [-0.15, -0.1) is 0 Å². The van der Waals surface area contributed by atoms with Crippen molar-refractivity contribution < 1.29 is 13.9 Å². The molecule has 176 valence electrons. The molecule has 4 heterocycles.